The molecule has 1 atom stereocenters. The molecule has 3 rings (SSSR count). The Hall–Kier alpha value is -2.58. The molecule has 1 aliphatic heterocycles. The third-order valence-electron chi connectivity index (χ3n) is 5.05. The maximum absolute atomic E-state index is 13.1. The van der Waals surface area contributed by atoms with Crippen LogP contribution in [0.15, 0.2) is 53.4 Å². The van der Waals surface area contributed by atoms with Crippen molar-refractivity contribution in [3.63, 3.8) is 0 Å². The van der Waals surface area contributed by atoms with Crippen molar-refractivity contribution < 1.29 is 22.7 Å². The minimum absolute atomic E-state index is 0.203. The summed E-state index contributed by atoms with van der Waals surface area (Å²) >= 11 is 0. The molecule has 0 radical (unpaired) electrons. The summed E-state index contributed by atoms with van der Waals surface area (Å²) in [5, 5.41) is 2.87. The zero-order valence-corrected chi connectivity index (χ0v) is 17.4. The first-order valence-electron chi connectivity index (χ1n) is 9.53. The number of methoxy groups -OCH3 is 2. The Balaban J connectivity index is 1.77. The van der Waals surface area contributed by atoms with E-state index in [1.807, 2.05) is 0 Å². The monoisotopic (exact) mass is 418 g/mol. The number of nitrogens with one attached hydrogen (secondary N) is 1. The fourth-order valence-corrected chi connectivity index (χ4v) is 5.18. The molecular formula is C21H26N2O5S. The van der Waals surface area contributed by atoms with E-state index in [-0.39, 0.29) is 17.3 Å². The molecule has 1 fully saturated rings. The number of rotatable bonds is 7. The van der Waals surface area contributed by atoms with Crippen LogP contribution >= 0.6 is 0 Å². The minimum Gasteiger partial charge on any atom is -0.497 e. The van der Waals surface area contributed by atoms with Crippen LogP contribution in [0.2, 0.25) is 0 Å². The van der Waals surface area contributed by atoms with Crippen LogP contribution in [0.25, 0.3) is 0 Å². The Bertz CT molecular complexity index is 947. The first kappa shape index (κ1) is 21.1. The number of nitrogens with zero attached hydrogens (tertiary/aromatic N) is 1. The highest BCUT2D eigenvalue weighted by Gasteiger charge is 2.37. The summed E-state index contributed by atoms with van der Waals surface area (Å²) in [5.74, 6) is 0.971. The SMILES string of the molecule is COc1ccc(OC)c(CNC(=O)C2CCCCN2S(=O)(=O)c2ccccc2)c1. The summed E-state index contributed by atoms with van der Waals surface area (Å²) in [7, 11) is -0.609. The van der Waals surface area contributed by atoms with Gasteiger partial charge in [-0.15, -0.1) is 0 Å². The van der Waals surface area contributed by atoms with Crippen LogP contribution in [0.4, 0.5) is 0 Å². The summed E-state index contributed by atoms with van der Waals surface area (Å²) in [6.07, 6.45) is 2.04. The lowest BCUT2D eigenvalue weighted by Crippen LogP contribution is -2.51. The van der Waals surface area contributed by atoms with E-state index in [1.165, 1.54) is 4.31 Å². The fraction of sp³-hybridized carbons (Fsp3) is 0.381. The third kappa shape index (κ3) is 4.71. The number of ether oxygens (including phenoxy) is 2. The highest BCUT2D eigenvalue weighted by molar-refractivity contribution is 7.89. The molecule has 1 N–H and O–H groups in total. The number of hydrogen-bond acceptors (Lipinski definition) is 5. The van der Waals surface area contributed by atoms with Gasteiger partial charge in [-0.25, -0.2) is 8.42 Å². The molecule has 2 aromatic carbocycles. The normalized spacial score (nSPS) is 17.5. The number of hydrogen-bond donors (Lipinski definition) is 1. The van der Waals surface area contributed by atoms with Gasteiger partial charge in [0.05, 0.1) is 19.1 Å². The maximum atomic E-state index is 13.1. The minimum atomic E-state index is -3.73. The van der Waals surface area contributed by atoms with Gasteiger partial charge in [0.2, 0.25) is 15.9 Å². The Morgan fingerprint density at radius 2 is 1.86 bits per heavy atom. The number of benzene rings is 2. The molecular weight excluding hydrogens is 392 g/mol. The molecule has 0 spiro atoms. The maximum Gasteiger partial charge on any atom is 0.243 e. The van der Waals surface area contributed by atoms with Crippen LogP contribution in [-0.2, 0) is 21.4 Å². The number of sulfonamides is 1. The predicted octanol–water partition coefficient (Wildman–Crippen LogP) is 2.56. The number of piperidine rings is 1. The van der Waals surface area contributed by atoms with Gasteiger partial charge in [-0.05, 0) is 43.2 Å². The van der Waals surface area contributed by atoms with Gasteiger partial charge in [0.25, 0.3) is 0 Å². The Labute approximate surface area is 171 Å². The van der Waals surface area contributed by atoms with Crippen molar-refractivity contribution >= 4 is 15.9 Å². The molecule has 0 saturated carbocycles. The molecule has 1 unspecified atom stereocenters. The first-order chi connectivity index (χ1) is 14.0. The molecule has 1 saturated heterocycles. The lowest BCUT2D eigenvalue weighted by molar-refractivity contribution is -0.125. The average Bonchev–Trinajstić information content (AvgIpc) is 2.77. The summed E-state index contributed by atoms with van der Waals surface area (Å²) in [6, 6.07) is 12.8. The van der Waals surface area contributed by atoms with Crippen LogP contribution in [-0.4, -0.2) is 45.4 Å². The molecule has 156 valence electrons. The molecule has 1 amide bonds. The summed E-state index contributed by atoms with van der Waals surface area (Å²) in [5.41, 5.74) is 0.758. The zero-order valence-electron chi connectivity index (χ0n) is 16.6. The van der Waals surface area contributed by atoms with Gasteiger partial charge >= 0.3 is 0 Å². The second-order valence-corrected chi connectivity index (χ2v) is 8.73. The molecule has 8 heteroatoms. The Morgan fingerprint density at radius 3 is 2.55 bits per heavy atom. The van der Waals surface area contributed by atoms with Crippen LogP contribution in [0.1, 0.15) is 24.8 Å². The van der Waals surface area contributed by atoms with Crippen molar-refractivity contribution in [2.24, 2.45) is 0 Å². The number of carbonyl (C=O) groups excluding carboxylic acids is 1. The highest BCUT2D eigenvalue weighted by Crippen LogP contribution is 2.27. The standard InChI is InChI=1S/C21H26N2O5S/c1-27-17-11-12-20(28-2)16(14-17)15-22-21(24)19-10-6-7-13-23(19)29(25,26)18-8-4-3-5-9-18/h3-5,8-9,11-12,14,19H,6-7,10,13,15H2,1-2H3,(H,22,24). The smallest absolute Gasteiger partial charge is 0.243 e. The van der Waals surface area contributed by atoms with Gasteiger partial charge in [0.1, 0.15) is 17.5 Å². The van der Waals surface area contributed by atoms with Crippen LogP contribution < -0.4 is 14.8 Å². The van der Waals surface area contributed by atoms with Crippen molar-refractivity contribution in [2.75, 3.05) is 20.8 Å². The molecule has 1 aliphatic rings. The second kappa shape index (κ2) is 9.28. The topological polar surface area (TPSA) is 84.9 Å². The van der Waals surface area contributed by atoms with Crippen LogP contribution in [0, 0.1) is 0 Å². The van der Waals surface area contributed by atoms with Gasteiger partial charge in [0, 0.05) is 18.7 Å². The largest absolute Gasteiger partial charge is 0.497 e. The van der Waals surface area contributed by atoms with E-state index in [0.717, 1.165) is 18.4 Å². The number of carbonyl (C=O) groups is 1. The van der Waals surface area contributed by atoms with Crippen LogP contribution in [0.3, 0.4) is 0 Å². The lowest BCUT2D eigenvalue weighted by Gasteiger charge is -2.33. The predicted molar refractivity (Wildman–Crippen MR) is 109 cm³/mol. The van der Waals surface area contributed by atoms with Crippen molar-refractivity contribution in [3.05, 3.63) is 54.1 Å². The highest BCUT2D eigenvalue weighted by atomic mass is 32.2. The van der Waals surface area contributed by atoms with Gasteiger partial charge in [0.15, 0.2) is 0 Å². The Kier molecular flexibility index (Phi) is 6.76. The van der Waals surface area contributed by atoms with Gasteiger partial charge in [-0.2, -0.15) is 4.31 Å². The molecule has 0 aromatic heterocycles. The fourth-order valence-electron chi connectivity index (χ4n) is 3.50. The van der Waals surface area contributed by atoms with E-state index in [0.29, 0.717) is 24.5 Å². The van der Waals surface area contributed by atoms with Crippen molar-refractivity contribution in [1.29, 1.82) is 0 Å². The second-order valence-electron chi connectivity index (χ2n) is 6.84. The van der Waals surface area contributed by atoms with E-state index >= 15 is 0 Å². The van der Waals surface area contributed by atoms with Crippen LogP contribution in [0.5, 0.6) is 11.5 Å². The summed E-state index contributed by atoms with van der Waals surface area (Å²) in [6.45, 7) is 0.548. The molecule has 2 aromatic rings. The Morgan fingerprint density at radius 1 is 1.10 bits per heavy atom. The van der Waals surface area contributed by atoms with E-state index in [1.54, 1.807) is 62.8 Å². The average molecular weight is 419 g/mol. The number of amides is 1. The molecule has 1 heterocycles. The third-order valence-corrected chi connectivity index (χ3v) is 6.97. The lowest BCUT2D eigenvalue weighted by atomic mass is 10.0. The molecule has 7 nitrogen and oxygen atoms in total. The van der Waals surface area contributed by atoms with E-state index in [2.05, 4.69) is 5.32 Å². The van der Waals surface area contributed by atoms with E-state index in [9.17, 15) is 13.2 Å². The summed E-state index contributed by atoms with van der Waals surface area (Å²) < 4.78 is 38.0. The zero-order chi connectivity index (χ0) is 20.9. The van der Waals surface area contributed by atoms with Crippen molar-refractivity contribution in [2.45, 2.75) is 36.7 Å². The van der Waals surface area contributed by atoms with Crippen molar-refractivity contribution in [1.82, 2.24) is 9.62 Å². The van der Waals surface area contributed by atoms with Gasteiger partial charge in [-0.3, -0.25) is 4.79 Å². The van der Waals surface area contributed by atoms with Gasteiger partial charge < -0.3 is 14.8 Å². The first-order valence-corrected chi connectivity index (χ1v) is 11.0. The van der Waals surface area contributed by atoms with E-state index < -0.39 is 16.1 Å². The molecule has 0 bridgehead atoms. The van der Waals surface area contributed by atoms with Gasteiger partial charge in [-0.1, -0.05) is 24.6 Å². The quantitative estimate of drug-likeness (QED) is 0.747. The van der Waals surface area contributed by atoms with Crippen molar-refractivity contribution in [3.8, 4) is 11.5 Å². The summed E-state index contributed by atoms with van der Waals surface area (Å²) in [4.78, 5) is 13.1. The molecule has 29 heavy (non-hydrogen) atoms. The van der Waals surface area contributed by atoms with E-state index in [4.69, 9.17) is 9.47 Å². The molecule has 0 aliphatic carbocycles.